The molecule has 1 amide bonds. The maximum Gasteiger partial charge on any atom is 0.416 e. The van der Waals surface area contributed by atoms with Crippen LogP contribution in [0, 0.1) is 12.8 Å². The Morgan fingerprint density at radius 1 is 1.17 bits per heavy atom. The van der Waals surface area contributed by atoms with Crippen LogP contribution in [-0.2, 0) is 6.18 Å². The van der Waals surface area contributed by atoms with Gasteiger partial charge in [0.2, 0.25) is 0 Å². The van der Waals surface area contributed by atoms with E-state index in [2.05, 4.69) is 10.3 Å². The number of aryl methyl sites for hydroxylation is 1. The van der Waals surface area contributed by atoms with Crippen molar-refractivity contribution in [1.82, 2.24) is 10.3 Å². The molecular weight excluding hydrogens is 337 g/mol. The van der Waals surface area contributed by atoms with E-state index in [9.17, 15) is 18.0 Å². The molecule has 1 aromatic heterocycles. The van der Waals surface area contributed by atoms with Crippen molar-refractivity contribution in [3.05, 3.63) is 40.4 Å². The summed E-state index contributed by atoms with van der Waals surface area (Å²) in [4.78, 5) is 17.1. The first-order valence-electron chi connectivity index (χ1n) is 7.55. The molecule has 0 aliphatic carbocycles. The van der Waals surface area contributed by atoms with Gasteiger partial charge in [-0.25, -0.2) is 4.98 Å². The van der Waals surface area contributed by atoms with Gasteiger partial charge in [-0.15, -0.1) is 11.3 Å². The van der Waals surface area contributed by atoms with Crippen LogP contribution in [0.2, 0.25) is 0 Å². The van der Waals surface area contributed by atoms with Crippen molar-refractivity contribution >= 4 is 17.2 Å². The summed E-state index contributed by atoms with van der Waals surface area (Å²) < 4.78 is 37.9. The third kappa shape index (κ3) is 4.14. The van der Waals surface area contributed by atoms with Crippen LogP contribution in [0.1, 0.15) is 41.7 Å². The van der Waals surface area contributed by atoms with Crippen LogP contribution in [0.3, 0.4) is 0 Å². The Morgan fingerprint density at radius 3 is 2.25 bits per heavy atom. The van der Waals surface area contributed by atoms with Gasteiger partial charge in [0.05, 0.1) is 11.3 Å². The number of alkyl halides is 3. The summed E-state index contributed by atoms with van der Waals surface area (Å²) in [6.45, 7) is 7.67. The Morgan fingerprint density at radius 2 is 1.75 bits per heavy atom. The maximum atomic E-state index is 12.6. The van der Waals surface area contributed by atoms with Gasteiger partial charge in [-0.2, -0.15) is 13.2 Å². The molecule has 0 saturated carbocycles. The molecule has 0 unspecified atom stereocenters. The van der Waals surface area contributed by atoms with Crippen molar-refractivity contribution in [2.24, 2.45) is 5.92 Å². The highest BCUT2D eigenvalue weighted by Crippen LogP contribution is 2.33. The molecule has 1 atom stereocenters. The van der Waals surface area contributed by atoms with Crippen molar-refractivity contribution in [3.63, 3.8) is 0 Å². The zero-order valence-electron chi connectivity index (χ0n) is 13.9. The van der Waals surface area contributed by atoms with Crippen LogP contribution in [0.4, 0.5) is 13.2 Å². The topological polar surface area (TPSA) is 42.0 Å². The number of nitrogens with zero attached hydrogens (tertiary/aromatic N) is 1. The molecule has 0 bridgehead atoms. The van der Waals surface area contributed by atoms with Gasteiger partial charge in [0.25, 0.3) is 5.91 Å². The van der Waals surface area contributed by atoms with Gasteiger partial charge in [0, 0.05) is 11.6 Å². The second-order valence-corrected chi connectivity index (χ2v) is 7.01. The summed E-state index contributed by atoms with van der Waals surface area (Å²) >= 11 is 1.18. The van der Waals surface area contributed by atoms with E-state index in [0.717, 1.165) is 12.1 Å². The minimum atomic E-state index is -4.37. The van der Waals surface area contributed by atoms with E-state index in [-0.39, 0.29) is 11.9 Å². The fraction of sp³-hybridized carbons (Fsp3) is 0.412. The molecule has 1 heterocycles. The van der Waals surface area contributed by atoms with E-state index < -0.39 is 11.7 Å². The van der Waals surface area contributed by atoms with Crippen LogP contribution >= 0.6 is 11.3 Å². The number of aromatic nitrogens is 1. The summed E-state index contributed by atoms with van der Waals surface area (Å²) in [5.41, 5.74) is 0.429. The number of carbonyl (C=O) groups excluding carboxylic acids is 1. The number of hydrogen-bond acceptors (Lipinski definition) is 3. The van der Waals surface area contributed by atoms with Crippen molar-refractivity contribution in [1.29, 1.82) is 0 Å². The highest BCUT2D eigenvalue weighted by Gasteiger charge is 2.30. The first-order valence-corrected chi connectivity index (χ1v) is 8.37. The average molecular weight is 356 g/mol. The standard InChI is InChI=1S/C17H19F3N2OS/c1-9(2)10(3)21-15(23)14-11(4)22-16(24-14)12-5-7-13(8-6-12)17(18,19)20/h5-10H,1-4H3,(H,21,23)/t10-/m1/s1. The molecule has 1 aromatic carbocycles. The monoisotopic (exact) mass is 356 g/mol. The molecule has 0 spiro atoms. The quantitative estimate of drug-likeness (QED) is 0.846. The molecule has 0 radical (unpaired) electrons. The molecule has 0 saturated heterocycles. The summed E-state index contributed by atoms with van der Waals surface area (Å²) in [5.74, 6) is 0.0981. The average Bonchev–Trinajstić information content (AvgIpc) is 2.88. The van der Waals surface area contributed by atoms with E-state index in [1.807, 2.05) is 20.8 Å². The molecule has 3 nitrogen and oxygen atoms in total. The Hall–Kier alpha value is -1.89. The fourth-order valence-corrected chi connectivity index (χ4v) is 2.95. The largest absolute Gasteiger partial charge is 0.416 e. The molecule has 0 fully saturated rings. The molecule has 130 valence electrons. The van der Waals surface area contributed by atoms with Gasteiger partial charge >= 0.3 is 6.18 Å². The van der Waals surface area contributed by atoms with Crippen molar-refractivity contribution < 1.29 is 18.0 Å². The zero-order valence-corrected chi connectivity index (χ0v) is 14.7. The van der Waals surface area contributed by atoms with Crippen molar-refractivity contribution in [2.75, 3.05) is 0 Å². The Bertz CT molecular complexity index is 720. The lowest BCUT2D eigenvalue weighted by molar-refractivity contribution is -0.137. The molecule has 2 rings (SSSR count). The molecule has 7 heteroatoms. The number of thiazole rings is 1. The molecule has 24 heavy (non-hydrogen) atoms. The van der Waals surface area contributed by atoms with Gasteiger partial charge in [-0.05, 0) is 31.9 Å². The van der Waals surface area contributed by atoms with E-state index in [1.54, 1.807) is 6.92 Å². The fourth-order valence-electron chi connectivity index (χ4n) is 1.97. The number of carbonyl (C=O) groups is 1. The third-order valence-corrected chi connectivity index (χ3v) is 5.03. The summed E-state index contributed by atoms with van der Waals surface area (Å²) in [6, 6.07) is 4.81. The first-order chi connectivity index (χ1) is 11.1. The molecule has 0 aliphatic rings. The van der Waals surface area contributed by atoms with Crippen LogP contribution in [0.5, 0.6) is 0 Å². The van der Waals surface area contributed by atoms with Crippen LogP contribution < -0.4 is 5.32 Å². The second-order valence-electron chi connectivity index (χ2n) is 6.01. The summed E-state index contributed by atoms with van der Waals surface area (Å²) in [5, 5.41) is 3.44. The minimum Gasteiger partial charge on any atom is -0.349 e. The predicted molar refractivity (Wildman–Crippen MR) is 89.1 cm³/mol. The smallest absolute Gasteiger partial charge is 0.349 e. The van der Waals surface area contributed by atoms with Gasteiger partial charge < -0.3 is 5.32 Å². The number of rotatable bonds is 4. The molecular formula is C17H19F3N2OS. The number of halogens is 3. The predicted octanol–water partition coefficient (Wildman–Crippen LogP) is 4.91. The lowest BCUT2D eigenvalue weighted by Gasteiger charge is -2.16. The zero-order chi connectivity index (χ0) is 18.1. The van der Waals surface area contributed by atoms with Gasteiger partial charge in [-0.3, -0.25) is 4.79 Å². The molecule has 2 aromatic rings. The second kappa shape index (κ2) is 6.93. The highest BCUT2D eigenvalue weighted by atomic mass is 32.1. The van der Waals surface area contributed by atoms with E-state index in [1.165, 1.54) is 23.5 Å². The van der Waals surface area contributed by atoms with Gasteiger partial charge in [0.15, 0.2) is 0 Å². The Labute approximate surface area is 142 Å². The Kier molecular flexibility index (Phi) is 5.32. The van der Waals surface area contributed by atoms with Crippen molar-refractivity contribution in [2.45, 2.75) is 39.9 Å². The number of hydrogen-bond donors (Lipinski definition) is 1. The van der Waals surface area contributed by atoms with Gasteiger partial charge in [0.1, 0.15) is 9.88 Å². The SMILES string of the molecule is Cc1nc(-c2ccc(C(F)(F)F)cc2)sc1C(=O)N[C@H](C)C(C)C. The number of nitrogens with one attached hydrogen (secondary N) is 1. The minimum absolute atomic E-state index is 0.0218. The summed E-state index contributed by atoms with van der Waals surface area (Å²) in [6.07, 6.45) is -4.37. The number of benzene rings is 1. The highest BCUT2D eigenvalue weighted by molar-refractivity contribution is 7.17. The number of amides is 1. The maximum absolute atomic E-state index is 12.6. The lowest BCUT2D eigenvalue weighted by Crippen LogP contribution is -2.35. The van der Waals surface area contributed by atoms with Crippen LogP contribution in [-0.4, -0.2) is 16.9 Å². The Balaban J connectivity index is 2.24. The third-order valence-electron chi connectivity index (χ3n) is 3.82. The normalized spacial score (nSPS) is 13.2. The van der Waals surface area contributed by atoms with E-state index >= 15 is 0 Å². The van der Waals surface area contributed by atoms with Crippen LogP contribution in [0.15, 0.2) is 24.3 Å². The molecule has 1 N–H and O–H groups in total. The molecule has 0 aliphatic heterocycles. The van der Waals surface area contributed by atoms with Gasteiger partial charge in [-0.1, -0.05) is 26.0 Å². The van der Waals surface area contributed by atoms with E-state index in [4.69, 9.17) is 0 Å². The summed E-state index contributed by atoms with van der Waals surface area (Å²) in [7, 11) is 0. The van der Waals surface area contributed by atoms with E-state index in [0.29, 0.717) is 27.1 Å². The van der Waals surface area contributed by atoms with Crippen LogP contribution in [0.25, 0.3) is 10.6 Å². The lowest BCUT2D eigenvalue weighted by atomic mass is 10.1. The first kappa shape index (κ1) is 18.4. The van der Waals surface area contributed by atoms with Crippen molar-refractivity contribution in [3.8, 4) is 10.6 Å².